The lowest BCUT2D eigenvalue weighted by molar-refractivity contribution is 0.00389. The Bertz CT molecular complexity index is 376. The predicted octanol–water partition coefficient (Wildman–Crippen LogP) is 2.21. The van der Waals surface area contributed by atoms with Crippen LogP contribution in [-0.4, -0.2) is 21.5 Å². The van der Waals surface area contributed by atoms with E-state index in [9.17, 15) is 8.78 Å². The van der Waals surface area contributed by atoms with Crippen LogP contribution in [-0.2, 0) is 13.0 Å². The molecule has 2 unspecified atom stereocenters. The maximum absolute atomic E-state index is 13.1. The maximum Gasteiger partial charge on any atom is 0.248 e. The fourth-order valence-corrected chi connectivity index (χ4v) is 2.55. The Kier molecular flexibility index (Phi) is 3.47. The van der Waals surface area contributed by atoms with E-state index in [0.29, 0.717) is 12.8 Å². The van der Waals surface area contributed by atoms with Crippen LogP contribution >= 0.6 is 0 Å². The zero-order valence-electron chi connectivity index (χ0n) is 10.1. The molecule has 96 valence electrons. The van der Waals surface area contributed by atoms with Crippen LogP contribution in [0.4, 0.5) is 8.78 Å². The summed E-state index contributed by atoms with van der Waals surface area (Å²) in [6.07, 6.45) is 4.65. The van der Waals surface area contributed by atoms with E-state index in [2.05, 4.69) is 4.98 Å². The van der Waals surface area contributed by atoms with Crippen molar-refractivity contribution in [1.82, 2.24) is 9.55 Å². The lowest BCUT2D eigenvalue weighted by atomic mass is 9.96. The van der Waals surface area contributed by atoms with Gasteiger partial charge in [0.15, 0.2) is 0 Å². The van der Waals surface area contributed by atoms with Gasteiger partial charge in [-0.3, -0.25) is 0 Å². The lowest BCUT2D eigenvalue weighted by Crippen LogP contribution is -2.32. The van der Waals surface area contributed by atoms with Crippen molar-refractivity contribution in [3.63, 3.8) is 0 Å². The molecule has 1 aliphatic rings. The van der Waals surface area contributed by atoms with Gasteiger partial charge in [-0.05, 0) is 19.3 Å². The number of rotatable bonds is 4. The Balaban J connectivity index is 1.96. The Hall–Kier alpha value is -0.970. The summed E-state index contributed by atoms with van der Waals surface area (Å²) in [5.41, 5.74) is 6.03. The number of hydrogen-bond acceptors (Lipinski definition) is 2. The molecule has 2 atom stereocenters. The van der Waals surface area contributed by atoms with Crippen molar-refractivity contribution in [2.24, 2.45) is 11.7 Å². The van der Waals surface area contributed by atoms with Gasteiger partial charge in [0.2, 0.25) is 5.92 Å². The molecular formula is C12H19F2N3. The second-order valence-electron chi connectivity index (χ2n) is 4.86. The zero-order valence-corrected chi connectivity index (χ0v) is 10.1. The zero-order chi connectivity index (χ0) is 12.5. The first-order valence-corrected chi connectivity index (χ1v) is 6.15. The molecule has 1 heterocycles. The van der Waals surface area contributed by atoms with Gasteiger partial charge in [-0.2, -0.15) is 0 Å². The van der Waals surface area contributed by atoms with Gasteiger partial charge in [-0.1, -0.05) is 0 Å². The molecule has 1 aromatic rings. The Morgan fingerprint density at radius 2 is 2.41 bits per heavy atom. The van der Waals surface area contributed by atoms with E-state index in [-0.39, 0.29) is 24.8 Å². The highest BCUT2D eigenvalue weighted by Crippen LogP contribution is 2.40. The maximum atomic E-state index is 13.1. The van der Waals surface area contributed by atoms with E-state index in [1.165, 1.54) is 0 Å². The molecule has 17 heavy (non-hydrogen) atoms. The van der Waals surface area contributed by atoms with Crippen molar-refractivity contribution >= 4 is 0 Å². The van der Waals surface area contributed by atoms with Gasteiger partial charge in [0.25, 0.3) is 0 Å². The highest BCUT2D eigenvalue weighted by Gasteiger charge is 2.41. The van der Waals surface area contributed by atoms with Crippen molar-refractivity contribution in [2.45, 2.75) is 51.1 Å². The molecule has 1 fully saturated rings. The van der Waals surface area contributed by atoms with E-state index in [1.807, 2.05) is 17.7 Å². The minimum atomic E-state index is -2.51. The molecule has 3 nitrogen and oxygen atoms in total. The molecule has 1 aromatic heterocycles. The van der Waals surface area contributed by atoms with E-state index < -0.39 is 5.92 Å². The number of imidazole rings is 1. The monoisotopic (exact) mass is 243 g/mol. The third-order valence-corrected chi connectivity index (χ3v) is 3.61. The van der Waals surface area contributed by atoms with Crippen LogP contribution in [0.3, 0.4) is 0 Å². The van der Waals surface area contributed by atoms with E-state index in [4.69, 9.17) is 5.73 Å². The van der Waals surface area contributed by atoms with E-state index in [1.54, 1.807) is 6.20 Å². The Labute approximate surface area is 100 Å². The summed E-state index contributed by atoms with van der Waals surface area (Å²) < 4.78 is 28.2. The largest absolute Gasteiger partial charge is 0.335 e. The van der Waals surface area contributed by atoms with Gasteiger partial charge in [-0.15, -0.1) is 0 Å². The summed E-state index contributed by atoms with van der Waals surface area (Å²) in [6.45, 7) is 2.86. The van der Waals surface area contributed by atoms with Crippen LogP contribution in [0, 0.1) is 5.92 Å². The van der Waals surface area contributed by atoms with Gasteiger partial charge in [0.1, 0.15) is 5.82 Å². The van der Waals surface area contributed by atoms with Crippen LogP contribution in [0.1, 0.15) is 32.0 Å². The highest BCUT2D eigenvalue weighted by molar-refractivity contribution is 4.98. The van der Waals surface area contributed by atoms with Gasteiger partial charge in [0.05, 0.1) is 0 Å². The first kappa shape index (κ1) is 12.5. The van der Waals surface area contributed by atoms with Gasteiger partial charge < -0.3 is 10.3 Å². The molecular weight excluding hydrogens is 224 g/mol. The fourth-order valence-electron chi connectivity index (χ4n) is 2.55. The molecule has 0 spiro atoms. The Morgan fingerprint density at radius 3 is 3.00 bits per heavy atom. The number of aromatic nitrogens is 2. The van der Waals surface area contributed by atoms with Crippen molar-refractivity contribution in [3.8, 4) is 0 Å². The molecule has 0 aliphatic heterocycles. The van der Waals surface area contributed by atoms with E-state index in [0.717, 1.165) is 12.4 Å². The average Bonchev–Trinajstić information content (AvgIpc) is 2.84. The summed E-state index contributed by atoms with van der Waals surface area (Å²) >= 11 is 0. The van der Waals surface area contributed by atoms with Crippen molar-refractivity contribution < 1.29 is 8.78 Å². The molecule has 0 aromatic carbocycles. The van der Waals surface area contributed by atoms with Gasteiger partial charge in [0, 0.05) is 44.2 Å². The summed E-state index contributed by atoms with van der Waals surface area (Å²) in [4.78, 5) is 4.23. The minimum absolute atomic E-state index is 0.0203. The fraction of sp³-hybridized carbons (Fsp3) is 0.750. The van der Waals surface area contributed by atoms with Crippen LogP contribution in [0.25, 0.3) is 0 Å². The van der Waals surface area contributed by atoms with E-state index >= 15 is 0 Å². The Morgan fingerprint density at radius 1 is 1.65 bits per heavy atom. The molecule has 2 N–H and O–H groups in total. The normalized spacial score (nSPS) is 25.1. The third kappa shape index (κ3) is 2.83. The molecule has 0 radical (unpaired) electrons. The standard InChI is InChI=1S/C12H19F2N3/c1-2-17-6-5-16-11(17)7-10(15)9-3-4-12(13,14)8-9/h5-6,9-10H,2-4,7-8,15H2,1H3. The molecule has 5 heteroatoms. The topological polar surface area (TPSA) is 43.8 Å². The SMILES string of the molecule is CCn1ccnc1CC(N)C1CCC(F)(F)C1. The number of nitrogens with two attached hydrogens (primary N) is 1. The lowest BCUT2D eigenvalue weighted by Gasteiger charge is -2.19. The number of aryl methyl sites for hydroxylation is 1. The quantitative estimate of drug-likeness (QED) is 0.881. The highest BCUT2D eigenvalue weighted by atomic mass is 19.3. The van der Waals surface area contributed by atoms with Gasteiger partial charge in [-0.25, -0.2) is 13.8 Å². The molecule has 2 rings (SSSR count). The molecule has 0 amide bonds. The van der Waals surface area contributed by atoms with Crippen LogP contribution < -0.4 is 5.73 Å². The van der Waals surface area contributed by atoms with Crippen LogP contribution in [0.2, 0.25) is 0 Å². The average molecular weight is 243 g/mol. The van der Waals surface area contributed by atoms with Crippen LogP contribution in [0.5, 0.6) is 0 Å². The van der Waals surface area contributed by atoms with Crippen molar-refractivity contribution in [2.75, 3.05) is 0 Å². The summed E-state index contributed by atoms with van der Waals surface area (Å²) in [7, 11) is 0. The summed E-state index contributed by atoms with van der Waals surface area (Å²) in [5.74, 6) is -1.69. The molecule has 0 saturated heterocycles. The molecule has 0 bridgehead atoms. The minimum Gasteiger partial charge on any atom is -0.335 e. The summed E-state index contributed by atoms with van der Waals surface area (Å²) in [5, 5.41) is 0. The predicted molar refractivity (Wildman–Crippen MR) is 61.9 cm³/mol. The number of nitrogens with zero attached hydrogens (tertiary/aromatic N) is 2. The molecule has 1 aliphatic carbocycles. The first-order chi connectivity index (χ1) is 8.02. The first-order valence-electron chi connectivity index (χ1n) is 6.15. The number of hydrogen-bond donors (Lipinski definition) is 1. The van der Waals surface area contributed by atoms with Crippen LogP contribution in [0.15, 0.2) is 12.4 Å². The van der Waals surface area contributed by atoms with Crippen molar-refractivity contribution in [1.29, 1.82) is 0 Å². The number of halogens is 2. The second kappa shape index (κ2) is 4.72. The second-order valence-corrected chi connectivity index (χ2v) is 4.86. The number of alkyl halides is 2. The smallest absolute Gasteiger partial charge is 0.248 e. The third-order valence-electron chi connectivity index (χ3n) is 3.61. The molecule has 1 saturated carbocycles. The summed E-state index contributed by atoms with van der Waals surface area (Å²) in [6, 6.07) is -0.212. The van der Waals surface area contributed by atoms with Gasteiger partial charge >= 0.3 is 0 Å². The van der Waals surface area contributed by atoms with Crippen molar-refractivity contribution in [3.05, 3.63) is 18.2 Å².